The van der Waals surface area contributed by atoms with Gasteiger partial charge in [-0.05, 0) is 30.2 Å². The van der Waals surface area contributed by atoms with Crippen LogP contribution < -0.4 is 10.6 Å². The Hall–Kier alpha value is -3.93. The lowest BCUT2D eigenvalue weighted by atomic mass is 9.99. The van der Waals surface area contributed by atoms with E-state index >= 15 is 0 Å². The maximum absolute atomic E-state index is 12.7. The van der Waals surface area contributed by atoms with E-state index in [1.54, 1.807) is 12.4 Å². The predicted molar refractivity (Wildman–Crippen MR) is 113 cm³/mol. The maximum atomic E-state index is 12.7. The lowest BCUT2D eigenvalue weighted by Crippen LogP contribution is -2.33. The highest BCUT2D eigenvalue weighted by Crippen LogP contribution is 2.22. The van der Waals surface area contributed by atoms with Crippen LogP contribution in [0.25, 0.3) is 5.82 Å². The lowest BCUT2D eigenvalue weighted by molar-refractivity contribution is 0.250. The Morgan fingerprint density at radius 3 is 2.07 bits per heavy atom. The number of urea groups is 1. The van der Waals surface area contributed by atoms with E-state index in [0.717, 1.165) is 22.8 Å². The van der Waals surface area contributed by atoms with Gasteiger partial charge >= 0.3 is 6.03 Å². The summed E-state index contributed by atoms with van der Waals surface area (Å²) in [6.45, 7) is 1.91. The zero-order valence-corrected chi connectivity index (χ0v) is 16.0. The second-order valence-corrected chi connectivity index (χ2v) is 6.60. The molecule has 0 aliphatic rings. The van der Waals surface area contributed by atoms with E-state index in [9.17, 15) is 4.79 Å². The molecule has 0 fully saturated rings. The fraction of sp³-hybridized carbons (Fsp3) is 0.0870. The van der Waals surface area contributed by atoms with Gasteiger partial charge in [0.15, 0.2) is 0 Å². The minimum Gasteiger partial charge on any atom is -0.327 e. The van der Waals surface area contributed by atoms with Gasteiger partial charge in [-0.25, -0.2) is 14.8 Å². The normalized spacial score (nSPS) is 10.7. The Morgan fingerprint density at radius 1 is 0.897 bits per heavy atom. The van der Waals surface area contributed by atoms with Gasteiger partial charge in [-0.2, -0.15) is 0 Å². The summed E-state index contributed by atoms with van der Waals surface area (Å²) in [6, 6.07) is 22.9. The highest BCUT2D eigenvalue weighted by atomic mass is 16.2. The van der Waals surface area contributed by atoms with Crippen LogP contribution in [-0.2, 0) is 0 Å². The van der Waals surface area contributed by atoms with E-state index in [0.29, 0.717) is 5.69 Å². The molecule has 0 radical (unpaired) electrons. The molecule has 2 aromatic carbocycles. The molecule has 2 heterocycles. The number of rotatable bonds is 5. The number of nitrogens with zero attached hydrogens (tertiary/aromatic N) is 3. The van der Waals surface area contributed by atoms with Crippen LogP contribution in [0.3, 0.4) is 0 Å². The Kier molecular flexibility index (Phi) is 5.33. The van der Waals surface area contributed by atoms with E-state index < -0.39 is 0 Å². The van der Waals surface area contributed by atoms with Crippen molar-refractivity contribution >= 4 is 11.7 Å². The zero-order valence-electron chi connectivity index (χ0n) is 16.0. The van der Waals surface area contributed by atoms with Crippen LogP contribution in [0.1, 0.15) is 23.0 Å². The van der Waals surface area contributed by atoms with Crippen LogP contribution in [0.4, 0.5) is 10.5 Å². The van der Waals surface area contributed by atoms with E-state index in [1.165, 1.54) is 0 Å². The summed E-state index contributed by atoms with van der Waals surface area (Å²) in [6.07, 6.45) is 5.21. The highest BCUT2D eigenvalue weighted by molar-refractivity contribution is 5.89. The van der Waals surface area contributed by atoms with E-state index in [-0.39, 0.29) is 12.1 Å². The SMILES string of the molecule is Cc1nccn1-c1ccc(NC(=O)NC(c2ccccc2)c2ccccc2)cn1. The number of carbonyl (C=O) groups is 1. The first-order chi connectivity index (χ1) is 14.2. The molecular weight excluding hydrogens is 362 g/mol. The fourth-order valence-corrected chi connectivity index (χ4v) is 3.17. The molecule has 0 unspecified atom stereocenters. The third-order valence-electron chi connectivity index (χ3n) is 4.62. The Morgan fingerprint density at radius 2 is 1.55 bits per heavy atom. The van der Waals surface area contributed by atoms with Crippen LogP contribution in [-0.4, -0.2) is 20.6 Å². The van der Waals surface area contributed by atoms with Crippen molar-refractivity contribution in [3.05, 3.63) is 108 Å². The summed E-state index contributed by atoms with van der Waals surface area (Å²) in [5, 5.41) is 5.92. The molecule has 4 rings (SSSR count). The van der Waals surface area contributed by atoms with Crippen molar-refractivity contribution in [2.45, 2.75) is 13.0 Å². The summed E-state index contributed by atoms with van der Waals surface area (Å²) in [4.78, 5) is 21.3. The van der Waals surface area contributed by atoms with Gasteiger partial charge in [0.05, 0.1) is 17.9 Å². The number of imidazole rings is 1. The monoisotopic (exact) mass is 383 g/mol. The average molecular weight is 383 g/mol. The minimum absolute atomic E-state index is 0.252. The van der Waals surface area contributed by atoms with Crippen LogP contribution >= 0.6 is 0 Å². The molecule has 0 saturated heterocycles. The van der Waals surface area contributed by atoms with Crippen molar-refractivity contribution < 1.29 is 4.79 Å². The topological polar surface area (TPSA) is 71.8 Å². The molecule has 0 bridgehead atoms. The van der Waals surface area contributed by atoms with Crippen molar-refractivity contribution in [3.63, 3.8) is 0 Å². The largest absolute Gasteiger partial charge is 0.327 e. The summed E-state index contributed by atoms with van der Waals surface area (Å²) in [5.41, 5.74) is 2.64. The highest BCUT2D eigenvalue weighted by Gasteiger charge is 2.16. The second kappa shape index (κ2) is 8.39. The van der Waals surface area contributed by atoms with E-state index in [1.807, 2.05) is 90.5 Å². The van der Waals surface area contributed by atoms with Gasteiger partial charge in [0.1, 0.15) is 11.6 Å². The molecule has 0 atom stereocenters. The molecule has 0 aliphatic heterocycles. The first-order valence-electron chi connectivity index (χ1n) is 9.34. The number of aryl methyl sites for hydroxylation is 1. The van der Waals surface area contributed by atoms with E-state index in [2.05, 4.69) is 20.6 Å². The molecular formula is C23H21N5O. The number of nitrogens with one attached hydrogen (secondary N) is 2. The molecule has 0 saturated carbocycles. The van der Waals surface area contributed by atoms with E-state index in [4.69, 9.17) is 0 Å². The Balaban J connectivity index is 1.49. The van der Waals surface area contributed by atoms with Crippen molar-refractivity contribution in [2.75, 3.05) is 5.32 Å². The number of carbonyl (C=O) groups excluding carboxylic acids is 1. The standard InChI is InChI=1S/C23H21N5O/c1-17-24-14-15-28(17)21-13-12-20(16-25-21)26-23(29)27-22(18-8-4-2-5-9-18)19-10-6-3-7-11-19/h2-16,22H,1H3,(H2,26,27,29). The number of hydrogen-bond acceptors (Lipinski definition) is 3. The number of amides is 2. The summed E-state index contributed by atoms with van der Waals surface area (Å²) >= 11 is 0. The molecule has 144 valence electrons. The minimum atomic E-state index is -0.295. The third kappa shape index (κ3) is 4.32. The van der Waals surface area contributed by atoms with Crippen molar-refractivity contribution in [1.82, 2.24) is 19.9 Å². The van der Waals surface area contributed by atoms with Gasteiger partial charge in [0.25, 0.3) is 0 Å². The number of hydrogen-bond donors (Lipinski definition) is 2. The first-order valence-corrected chi connectivity index (χ1v) is 9.34. The van der Waals surface area contributed by atoms with Crippen molar-refractivity contribution in [2.24, 2.45) is 0 Å². The number of benzene rings is 2. The Bertz CT molecular complexity index is 1040. The van der Waals surface area contributed by atoms with Crippen LogP contribution in [0.5, 0.6) is 0 Å². The summed E-state index contributed by atoms with van der Waals surface area (Å²) in [5.74, 6) is 1.60. The number of pyridine rings is 1. The van der Waals surface area contributed by atoms with Gasteiger partial charge in [-0.1, -0.05) is 60.7 Å². The number of anilines is 1. The van der Waals surface area contributed by atoms with Crippen molar-refractivity contribution in [3.8, 4) is 5.82 Å². The molecule has 0 aliphatic carbocycles. The van der Waals surface area contributed by atoms with Crippen LogP contribution in [0.15, 0.2) is 91.4 Å². The van der Waals surface area contributed by atoms with Gasteiger partial charge in [0.2, 0.25) is 0 Å². The first kappa shape index (κ1) is 18.4. The molecule has 2 N–H and O–H groups in total. The predicted octanol–water partition coefficient (Wildman–Crippen LogP) is 4.49. The second-order valence-electron chi connectivity index (χ2n) is 6.60. The van der Waals surface area contributed by atoms with Crippen LogP contribution in [0, 0.1) is 6.92 Å². The maximum Gasteiger partial charge on any atom is 0.320 e. The van der Waals surface area contributed by atoms with Crippen molar-refractivity contribution in [1.29, 1.82) is 0 Å². The van der Waals surface area contributed by atoms with Gasteiger partial charge in [0, 0.05) is 12.4 Å². The Labute approximate surface area is 169 Å². The molecule has 2 aromatic heterocycles. The smallest absolute Gasteiger partial charge is 0.320 e. The third-order valence-corrected chi connectivity index (χ3v) is 4.62. The summed E-state index contributed by atoms with van der Waals surface area (Å²) < 4.78 is 1.88. The van der Waals surface area contributed by atoms with Gasteiger partial charge < -0.3 is 10.6 Å². The molecule has 4 aromatic rings. The molecule has 0 spiro atoms. The number of aromatic nitrogens is 3. The molecule has 29 heavy (non-hydrogen) atoms. The van der Waals surface area contributed by atoms with Gasteiger partial charge in [-0.15, -0.1) is 0 Å². The summed E-state index contributed by atoms with van der Waals surface area (Å²) in [7, 11) is 0. The van der Waals surface area contributed by atoms with Gasteiger partial charge in [-0.3, -0.25) is 4.57 Å². The molecule has 6 nitrogen and oxygen atoms in total. The fourth-order valence-electron chi connectivity index (χ4n) is 3.17. The lowest BCUT2D eigenvalue weighted by Gasteiger charge is -2.20. The average Bonchev–Trinajstić information content (AvgIpc) is 3.20. The molecule has 6 heteroatoms. The van der Waals surface area contributed by atoms with Crippen LogP contribution in [0.2, 0.25) is 0 Å². The molecule has 2 amide bonds. The zero-order chi connectivity index (χ0) is 20.1. The quantitative estimate of drug-likeness (QED) is 0.533.